The molecule has 0 saturated carbocycles. The summed E-state index contributed by atoms with van der Waals surface area (Å²) in [4.78, 5) is 0. The second-order valence-electron chi connectivity index (χ2n) is 4.57. The second kappa shape index (κ2) is 5.72. The Morgan fingerprint density at radius 2 is 1.89 bits per heavy atom. The molecular weight excluding hydrogens is 290 g/mol. The van der Waals surface area contributed by atoms with E-state index < -0.39 is 0 Å². The van der Waals surface area contributed by atoms with Crippen molar-refractivity contribution in [3.8, 4) is 0 Å². The highest BCUT2D eigenvalue weighted by molar-refractivity contribution is 9.10. The lowest BCUT2D eigenvalue weighted by Gasteiger charge is -2.18. The van der Waals surface area contributed by atoms with E-state index in [9.17, 15) is 0 Å². The van der Waals surface area contributed by atoms with Crippen LogP contribution >= 0.6 is 15.9 Å². The topological polar surface area (TPSA) is 25.2 Å². The van der Waals surface area contributed by atoms with Gasteiger partial charge >= 0.3 is 0 Å². The van der Waals surface area contributed by atoms with Gasteiger partial charge in [-0.2, -0.15) is 0 Å². The first-order valence-corrected chi connectivity index (χ1v) is 6.88. The van der Waals surface area contributed by atoms with E-state index in [4.69, 9.17) is 4.42 Å². The molecule has 1 heterocycles. The highest BCUT2D eigenvalue weighted by atomic mass is 79.9. The van der Waals surface area contributed by atoms with Crippen LogP contribution in [0.4, 0.5) is 0 Å². The van der Waals surface area contributed by atoms with Crippen LogP contribution in [0.3, 0.4) is 0 Å². The monoisotopic (exact) mass is 307 g/mol. The van der Waals surface area contributed by atoms with E-state index in [0.717, 1.165) is 11.1 Å². The van der Waals surface area contributed by atoms with Crippen molar-refractivity contribution >= 4 is 15.9 Å². The molecule has 2 aromatic rings. The summed E-state index contributed by atoms with van der Waals surface area (Å²) in [5, 5.41) is 3.36. The summed E-state index contributed by atoms with van der Waals surface area (Å²) >= 11 is 3.45. The van der Waals surface area contributed by atoms with E-state index in [1.807, 2.05) is 13.1 Å². The smallest absolute Gasteiger partial charge is 0.173 e. The van der Waals surface area contributed by atoms with Gasteiger partial charge in [0.25, 0.3) is 0 Å². The molecule has 0 fully saturated rings. The minimum Gasteiger partial charge on any atom is -0.457 e. The van der Waals surface area contributed by atoms with Crippen molar-refractivity contribution in [3.63, 3.8) is 0 Å². The maximum absolute atomic E-state index is 5.32. The fourth-order valence-corrected chi connectivity index (χ4v) is 2.81. The summed E-state index contributed by atoms with van der Waals surface area (Å²) in [7, 11) is 1.98. The zero-order valence-electron chi connectivity index (χ0n) is 11.0. The van der Waals surface area contributed by atoms with Gasteiger partial charge in [-0.25, -0.2) is 0 Å². The summed E-state index contributed by atoms with van der Waals surface area (Å²) in [5.41, 5.74) is 5.26. The predicted octanol–water partition coefficient (Wildman–Crippen LogP) is 4.16. The van der Waals surface area contributed by atoms with Crippen LogP contribution in [0, 0.1) is 13.8 Å². The van der Waals surface area contributed by atoms with Gasteiger partial charge in [0.15, 0.2) is 4.67 Å². The Kier molecular flexibility index (Phi) is 4.25. The first-order valence-electron chi connectivity index (χ1n) is 6.08. The minimum atomic E-state index is 0.262. The lowest BCUT2D eigenvalue weighted by atomic mass is 9.94. The van der Waals surface area contributed by atoms with Crippen LogP contribution in [-0.4, -0.2) is 7.05 Å². The van der Waals surface area contributed by atoms with Crippen molar-refractivity contribution in [2.45, 2.75) is 26.3 Å². The molecule has 0 radical (unpaired) electrons. The molecule has 0 saturated heterocycles. The van der Waals surface area contributed by atoms with Crippen molar-refractivity contribution in [2.24, 2.45) is 0 Å². The molecule has 0 aliphatic carbocycles. The normalized spacial score (nSPS) is 12.7. The highest BCUT2D eigenvalue weighted by Crippen LogP contribution is 2.28. The van der Waals surface area contributed by atoms with Crippen LogP contribution in [-0.2, 0) is 6.42 Å². The lowest BCUT2D eigenvalue weighted by molar-refractivity contribution is 0.517. The summed E-state index contributed by atoms with van der Waals surface area (Å²) in [6.45, 7) is 4.33. The first-order chi connectivity index (χ1) is 8.63. The van der Waals surface area contributed by atoms with Crippen LogP contribution in [0.5, 0.6) is 0 Å². The third-order valence-electron chi connectivity index (χ3n) is 3.42. The summed E-state index contributed by atoms with van der Waals surface area (Å²) in [6, 6.07) is 8.71. The molecule has 0 spiro atoms. The molecule has 1 aromatic carbocycles. The highest BCUT2D eigenvalue weighted by Gasteiger charge is 2.17. The number of likely N-dealkylation sites (N-methyl/N-ethyl adjacent to an activating group) is 1. The molecule has 2 rings (SSSR count). The lowest BCUT2D eigenvalue weighted by Crippen LogP contribution is -2.19. The number of nitrogens with one attached hydrogen (secondary N) is 1. The molecule has 3 heteroatoms. The predicted molar refractivity (Wildman–Crippen MR) is 77.8 cm³/mol. The van der Waals surface area contributed by atoms with Crippen molar-refractivity contribution < 1.29 is 4.42 Å². The molecule has 0 bridgehead atoms. The van der Waals surface area contributed by atoms with E-state index in [1.54, 1.807) is 6.26 Å². The van der Waals surface area contributed by atoms with E-state index in [0.29, 0.717) is 0 Å². The van der Waals surface area contributed by atoms with Gasteiger partial charge < -0.3 is 9.73 Å². The summed E-state index contributed by atoms with van der Waals surface area (Å²) in [5.74, 6) is 0. The Labute approximate surface area is 117 Å². The molecule has 0 amide bonds. The van der Waals surface area contributed by atoms with Gasteiger partial charge in [0.2, 0.25) is 0 Å². The standard InChI is InChI=1S/C15H18BrNO/c1-10-5-4-6-11(2)13(10)9-14(17-3)12-7-8-18-15(12)16/h4-8,14,17H,9H2,1-3H3. The Bertz CT molecular complexity index is 513. The minimum absolute atomic E-state index is 0.262. The molecule has 1 N–H and O–H groups in total. The van der Waals surface area contributed by atoms with Crippen molar-refractivity contribution in [3.05, 3.63) is 57.5 Å². The fraction of sp³-hybridized carbons (Fsp3) is 0.333. The second-order valence-corrected chi connectivity index (χ2v) is 5.29. The quantitative estimate of drug-likeness (QED) is 0.917. The number of benzene rings is 1. The van der Waals surface area contributed by atoms with Gasteiger partial charge in [0, 0.05) is 11.6 Å². The van der Waals surface area contributed by atoms with Gasteiger partial charge in [-0.15, -0.1) is 0 Å². The molecule has 18 heavy (non-hydrogen) atoms. The third-order valence-corrected chi connectivity index (χ3v) is 4.07. The van der Waals surface area contributed by atoms with E-state index in [-0.39, 0.29) is 6.04 Å². The Morgan fingerprint density at radius 3 is 2.39 bits per heavy atom. The Balaban J connectivity index is 2.29. The molecule has 1 aromatic heterocycles. The number of furan rings is 1. The van der Waals surface area contributed by atoms with Gasteiger partial charge in [0.05, 0.1) is 6.26 Å². The van der Waals surface area contributed by atoms with Gasteiger partial charge in [-0.1, -0.05) is 18.2 Å². The molecule has 1 atom stereocenters. The number of hydrogen-bond donors (Lipinski definition) is 1. The summed E-state index contributed by atoms with van der Waals surface area (Å²) < 4.78 is 6.14. The molecule has 96 valence electrons. The van der Waals surface area contributed by atoms with Gasteiger partial charge in [-0.05, 0) is 66.0 Å². The summed E-state index contributed by atoms with van der Waals surface area (Å²) in [6.07, 6.45) is 2.68. The average Bonchev–Trinajstić information content (AvgIpc) is 2.76. The van der Waals surface area contributed by atoms with Crippen molar-refractivity contribution in [1.29, 1.82) is 0 Å². The zero-order chi connectivity index (χ0) is 13.1. The van der Waals surface area contributed by atoms with E-state index in [2.05, 4.69) is 53.3 Å². The fourth-order valence-electron chi connectivity index (χ4n) is 2.30. The van der Waals surface area contributed by atoms with Crippen LogP contribution in [0.15, 0.2) is 39.6 Å². The number of hydrogen-bond acceptors (Lipinski definition) is 2. The number of aryl methyl sites for hydroxylation is 2. The van der Waals surface area contributed by atoms with E-state index >= 15 is 0 Å². The van der Waals surface area contributed by atoms with Crippen LogP contribution in [0.2, 0.25) is 0 Å². The molecule has 0 aliphatic heterocycles. The average molecular weight is 308 g/mol. The van der Waals surface area contributed by atoms with E-state index in [1.165, 1.54) is 22.3 Å². The molecule has 1 unspecified atom stereocenters. The van der Waals surface area contributed by atoms with Gasteiger partial charge in [0.1, 0.15) is 0 Å². The Hall–Kier alpha value is -1.06. The van der Waals surface area contributed by atoms with Crippen LogP contribution < -0.4 is 5.32 Å². The van der Waals surface area contributed by atoms with Crippen molar-refractivity contribution in [1.82, 2.24) is 5.32 Å². The first kappa shape index (κ1) is 13.4. The molecule has 2 nitrogen and oxygen atoms in total. The number of halogens is 1. The Morgan fingerprint density at radius 1 is 1.22 bits per heavy atom. The van der Waals surface area contributed by atoms with Crippen molar-refractivity contribution in [2.75, 3.05) is 7.05 Å². The van der Waals surface area contributed by atoms with Crippen LogP contribution in [0.1, 0.15) is 28.3 Å². The third kappa shape index (κ3) is 2.68. The maximum atomic E-state index is 5.32. The zero-order valence-corrected chi connectivity index (χ0v) is 12.5. The van der Waals surface area contributed by atoms with Crippen LogP contribution in [0.25, 0.3) is 0 Å². The largest absolute Gasteiger partial charge is 0.457 e. The van der Waals surface area contributed by atoms with Gasteiger partial charge in [-0.3, -0.25) is 0 Å². The maximum Gasteiger partial charge on any atom is 0.173 e. The molecule has 0 aliphatic rings. The SMILES string of the molecule is CNC(Cc1c(C)cccc1C)c1ccoc1Br. The number of rotatable bonds is 4. The molecular formula is C15H18BrNO.